The minimum atomic E-state index is -1.39. The van der Waals surface area contributed by atoms with Gasteiger partial charge in [0, 0.05) is 14.8 Å². The van der Waals surface area contributed by atoms with Gasteiger partial charge >= 0.3 is 72.3 Å². The van der Waals surface area contributed by atoms with Crippen LogP contribution in [0.25, 0.3) is 0 Å². The predicted octanol–water partition coefficient (Wildman–Crippen LogP) is 0.763. The molecule has 0 aliphatic rings. The van der Waals surface area contributed by atoms with Gasteiger partial charge < -0.3 is 44.1 Å². The van der Waals surface area contributed by atoms with Gasteiger partial charge in [0.05, 0.1) is 32.4 Å². The number of alkyl halides is 5. The standard InChI is InChI=1S/C8H5I3N2O3.C8H8N2O3.CHI3.CH2I2.Cl2I.H3N.Na/c9-3-1(7(13)14)4(10)6(12)5(11)2(3)8(15)16;9-6-2-4(7(10)11)1-5(3-6)8(12)13;2-1(3)4;2-1-3;1-3-2;;/h12H2,(H2,13,14)(H,15,16);1-3H,9H2,(H2,10,11)(H,12,13);1H;1H2;;1H3;/q;;;;-1;;+1. The zero-order valence-corrected chi connectivity index (χ0v) is 43.4. The molecule has 11 nitrogen and oxygen atoms in total. The number of primary amides is 2. The molecule has 0 saturated heterocycles. The van der Waals surface area contributed by atoms with Gasteiger partial charge in [-0.25, -0.2) is 4.79 Å². The van der Waals surface area contributed by atoms with Crippen LogP contribution in [0.5, 0.6) is 0 Å². The number of carbonyl (C=O) groups is 4. The smallest absolute Gasteiger partial charge is 0.545 e. The molecule has 0 unspecified atom stereocenters. The van der Waals surface area contributed by atoms with E-state index in [2.05, 4.69) is 113 Å². The molecule has 0 spiro atoms. The van der Waals surface area contributed by atoms with Crippen LogP contribution in [-0.4, -0.2) is 31.2 Å². The summed E-state index contributed by atoms with van der Waals surface area (Å²) in [6, 6.07) is 3.62. The minimum absolute atomic E-state index is 0. The fraction of sp³-hybridized carbons (Fsp3) is 0.111. The second-order valence-corrected chi connectivity index (χ2v) is 27.4. The number of aromatic carboxylic acids is 2. The van der Waals surface area contributed by atoms with Crippen LogP contribution in [0, 0.1) is 10.7 Å². The third-order valence-corrected chi connectivity index (χ3v) is 6.61. The van der Waals surface area contributed by atoms with Gasteiger partial charge in [-0.3, -0.25) is 9.59 Å². The molecule has 0 radical (unpaired) electrons. The average molecular weight is 1640 g/mol. The molecule has 0 saturated carbocycles. The SMILES string of the molecule is Cl[I-]Cl.IC(I)I.ICI.NC(=O)c1c(I)c(N)c(I)c(C(=O)O)c1I.NC(=O)c1cc(N)cc(C(=O)[O-])c1.[NH4+].[Na+]. The van der Waals surface area contributed by atoms with Gasteiger partial charge in [-0.1, -0.05) is 113 Å². The summed E-state index contributed by atoms with van der Waals surface area (Å²) in [5.74, 6) is -3.93. The maximum atomic E-state index is 11.2. The van der Waals surface area contributed by atoms with E-state index in [0.717, 1.165) is 6.00 Å². The molecule has 0 heterocycles. The normalized spacial score (nSPS) is 8.85. The number of carboxylic acid groups (broad SMARTS) is 2. The van der Waals surface area contributed by atoms with E-state index in [4.69, 9.17) is 45.9 Å². The number of amides is 2. The molecular formula is C18H19Cl2I9N5NaO6. The van der Waals surface area contributed by atoms with Crippen molar-refractivity contribution in [3.63, 3.8) is 0 Å². The first-order valence-corrected chi connectivity index (χ1v) is 24.2. The number of carboxylic acids is 2. The predicted molar refractivity (Wildman–Crippen MR) is 225 cm³/mol. The number of hydrogen-bond acceptors (Lipinski definition) is 7. The summed E-state index contributed by atoms with van der Waals surface area (Å²) in [5.41, 5.74) is 21.7. The Labute approximate surface area is 385 Å². The van der Waals surface area contributed by atoms with Crippen molar-refractivity contribution in [2.24, 2.45) is 11.5 Å². The molecule has 2 aromatic rings. The Morgan fingerprint density at radius 1 is 0.854 bits per heavy atom. The van der Waals surface area contributed by atoms with Crippen molar-refractivity contribution >= 4 is 234 Å². The van der Waals surface area contributed by atoms with Gasteiger partial charge in [0.1, 0.15) is -0.0619 Å². The Kier molecular flexibility index (Phi) is 41.6. The number of rotatable bonds is 4. The molecule has 2 rings (SSSR count). The monoisotopic (exact) mass is 1640 g/mol. The van der Waals surface area contributed by atoms with Crippen LogP contribution in [0.1, 0.15) is 41.4 Å². The minimum Gasteiger partial charge on any atom is -0.545 e. The van der Waals surface area contributed by atoms with Crippen molar-refractivity contribution < 1.29 is 77.9 Å². The van der Waals surface area contributed by atoms with Gasteiger partial charge in [-0.15, -0.1) is 0 Å². The third-order valence-electron chi connectivity index (χ3n) is 3.29. The van der Waals surface area contributed by atoms with E-state index in [0.29, 0.717) is 10.7 Å². The van der Waals surface area contributed by atoms with Gasteiger partial charge in [0.25, 0.3) is 5.91 Å². The van der Waals surface area contributed by atoms with Crippen molar-refractivity contribution in [2.75, 3.05) is 13.9 Å². The van der Waals surface area contributed by atoms with Crippen molar-refractivity contribution in [1.82, 2.24) is 6.15 Å². The van der Waals surface area contributed by atoms with Crippen LogP contribution in [-0.2, 0) is 0 Å². The van der Waals surface area contributed by atoms with Gasteiger partial charge in [-0.05, 0) is 91.5 Å². The first-order chi connectivity index (χ1) is 17.8. The molecule has 0 atom stereocenters. The average Bonchev–Trinajstić information content (AvgIpc) is 2.78. The summed E-state index contributed by atoms with van der Waals surface area (Å²) in [6.07, 6.45) is 0. The second kappa shape index (κ2) is 31.3. The quantitative estimate of drug-likeness (QED) is 0.110. The fourth-order valence-corrected chi connectivity index (χ4v) is 6.16. The molecular weight excluding hydrogens is 1620 g/mol. The van der Waals surface area contributed by atoms with Gasteiger partial charge in [0.2, 0.25) is 5.91 Å². The first-order valence-electron chi connectivity index (χ1n) is 8.67. The number of nitrogens with two attached hydrogens (primary N) is 4. The van der Waals surface area contributed by atoms with Crippen molar-refractivity contribution in [3.8, 4) is 0 Å². The molecule has 13 N–H and O–H groups in total. The molecule has 2 aromatic carbocycles. The molecule has 0 aliphatic heterocycles. The van der Waals surface area contributed by atoms with Crippen molar-refractivity contribution in [2.45, 2.75) is -0.0619 Å². The maximum absolute atomic E-state index is 11.2. The zero-order chi connectivity index (χ0) is 31.6. The number of benzene rings is 2. The Morgan fingerprint density at radius 3 is 1.49 bits per heavy atom. The maximum Gasteiger partial charge on any atom is 1.00 e. The topological polar surface area (TPSA) is 252 Å². The second-order valence-electron chi connectivity index (χ2n) is 5.67. The zero-order valence-electron chi connectivity index (χ0n) is 20.5. The van der Waals surface area contributed by atoms with E-state index in [-0.39, 0.29) is 69.3 Å². The Bertz CT molecular complexity index is 1080. The third kappa shape index (κ3) is 24.8. The van der Waals surface area contributed by atoms with Crippen LogP contribution in [0.15, 0.2) is 18.2 Å². The van der Waals surface area contributed by atoms with Gasteiger partial charge in [-0.2, -0.15) is 0 Å². The van der Waals surface area contributed by atoms with Crippen LogP contribution < -0.4 is 82.7 Å². The summed E-state index contributed by atoms with van der Waals surface area (Å²) in [6.45, 7) is 0. The summed E-state index contributed by atoms with van der Waals surface area (Å²) in [5, 5.41) is 19.5. The first kappa shape index (κ1) is 54.5. The van der Waals surface area contributed by atoms with E-state index >= 15 is 0 Å². The van der Waals surface area contributed by atoms with E-state index in [1.165, 1.54) is 14.6 Å². The van der Waals surface area contributed by atoms with Crippen LogP contribution in [0.3, 0.4) is 0 Å². The number of quaternary nitrogens is 1. The van der Waals surface area contributed by atoms with E-state index in [9.17, 15) is 24.3 Å². The van der Waals surface area contributed by atoms with Crippen LogP contribution >= 0.6 is 199 Å². The number of hydrogen-bond donors (Lipinski definition) is 6. The summed E-state index contributed by atoms with van der Waals surface area (Å²) in [7, 11) is 9.75. The summed E-state index contributed by atoms with van der Waals surface area (Å²) < 4.78 is 3.16. The fourth-order valence-electron chi connectivity index (χ4n) is 2.00. The molecule has 0 aliphatic carbocycles. The molecule has 2 amide bonds. The van der Waals surface area contributed by atoms with Crippen molar-refractivity contribution in [3.05, 3.63) is 51.2 Å². The Hall–Kier alpha value is 4.03. The molecule has 0 bridgehead atoms. The van der Waals surface area contributed by atoms with Gasteiger partial charge in [0.15, 0.2) is 0 Å². The molecule has 41 heavy (non-hydrogen) atoms. The molecule has 23 heteroatoms. The van der Waals surface area contributed by atoms with Crippen molar-refractivity contribution in [1.29, 1.82) is 0 Å². The molecule has 0 fully saturated rings. The van der Waals surface area contributed by atoms with Crippen LogP contribution in [0.2, 0.25) is 0 Å². The van der Waals surface area contributed by atoms with E-state index < -0.39 is 42.7 Å². The van der Waals surface area contributed by atoms with E-state index in [1.807, 2.05) is 45.2 Å². The molecule has 230 valence electrons. The summed E-state index contributed by atoms with van der Waals surface area (Å²) in [4.78, 5) is 43.4. The number of anilines is 2. The largest absolute Gasteiger partial charge is 1.00 e. The Morgan fingerprint density at radius 2 is 1.20 bits per heavy atom. The molecule has 0 aromatic heterocycles. The number of nitrogen functional groups attached to an aromatic ring is 2. The summed E-state index contributed by atoms with van der Waals surface area (Å²) >= 11 is 16.6. The number of halogens is 11. The number of carbonyl (C=O) groups excluding carboxylic acids is 3. The van der Waals surface area contributed by atoms with E-state index in [1.54, 1.807) is 22.6 Å². The van der Waals surface area contributed by atoms with Crippen LogP contribution in [0.4, 0.5) is 11.4 Å². The Balaban J connectivity index is -0.000000155.